The van der Waals surface area contributed by atoms with Gasteiger partial charge in [0, 0.05) is 50.8 Å². The molecule has 0 spiro atoms. The molecule has 0 unspecified atom stereocenters. The number of hydrogen-bond acceptors (Lipinski definition) is 4. The molecule has 0 atom stereocenters. The van der Waals surface area contributed by atoms with E-state index in [2.05, 4.69) is 15.2 Å². The molecule has 0 fully saturated rings. The highest BCUT2D eigenvalue weighted by Crippen LogP contribution is 2.16. The van der Waals surface area contributed by atoms with Crippen molar-refractivity contribution in [2.45, 2.75) is 26.0 Å². The van der Waals surface area contributed by atoms with Crippen LogP contribution in [0.2, 0.25) is 0 Å². The Bertz CT molecular complexity index is 331. The molecule has 1 aromatic heterocycles. The van der Waals surface area contributed by atoms with Crippen molar-refractivity contribution in [3.8, 4) is 0 Å². The Balaban J connectivity index is 2.60. The normalized spacial score (nSPS) is 11.6. The van der Waals surface area contributed by atoms with Crippen LogP contribution in [-0.4, -0.2) is 36.3 Å². The van der Waals surface area contributed by atoms with Gasteiger partial charge in [-0.15, -0.1) is 0 Å². The molecule has 4 heteroatoms. The van der Waals surface area contributed by atoms with E-state index in [-0.39, 0.29) is 0 Å². The summed E-state index contributed by atoms with van der Waals surface area (Å²) < 4.78 is 0. The lowest BCUT2D eigenvalue weighted by molar-refractivity contribution is 0.0795. The molecule has 0 aromatic carbocycles. The van der Waals surface area contributed by atoms with Gasteiger partial charge in [0.1, 0.15) is 0 Å². The summed E-state index contributed by atoms with van der Waals surface area (Å²) in [5.74, 6) is 0. The molecule has 16 heavy (non-hydrogen) atoms. The summed E-state index contributed by atoms with van der Waals surface area (Å²) in [7, 11) is 4.02. The van der Waals surface area contributed by atoms with Crippen molar-refractivity contribution in [3.63, 3.8) is 0 Å². The SMILES string of the molecule is CN(C)c1ccncc1CNCC(C)(C)O. The van der Waals surface area contributed by atoms with Gasteiger partial charge in [-0.1, -0.05) is 0 Å². The molecule has 0 amide bonds. The second-order valence-electron chi connectivity index (χ2n) is 4.81. The first-order valence-corrected chi connectivity index (χ1v) is 5.43. The third-order valence-corrected chi connectivity index (χ3v) is 2.23. The lowest BCUT2D eigenvalue weighted by atomic mass is 10.1. The van der Waals surface area contributed by atoms with Gasteiger partial charge in [-0.05, 0) is 19.9 Å². The van der Waals surface area contributed by atoms with Crippen LogP contribution in [-0.2, 0) is 6.54 Å². The topological polar surface area (TPSA) is 48.4 Å². The van der Waals surface area contributed by atoms with Gasteiger partial charge < -0.3 is 15.3 Å². The largest absolute Gasteiger partial charge is 0.389 e. The van der Waals surface area contributed by atoms with E-state index in [1.165, 1.54) is 0 Å². The van der Waals surface area contributed by atoms with E-state index >= 15 is 0 Å². The second kappa shape index (κ2) is 5.27. The van der Waals surface area contributed by atoms with Gasteiger partial charge in [0.05, 0.1) is 5.60 Å². The van der Waals surface area contributed by atoms with E-state index in [0.29, 0.717) is 13.1 Å². The summed E-state index contributed by atoms with van der Waals surface area (Å²) in [4.78, 5) is 6.17. The van der Waals surface area contributed by atoms with Gasteiger partial charge >= 0.3 is 0 Å². The summed E-state index contributed by atoms with van der Waals surface area (Å²) in [6, 6.07) is 1.99. The Hall–Kier alpha value is -1.13. The quantitative estimate of drug-likeness (QED) is 0.782. The van der Waals surface area contributed by atoms with Crippen LogP contribution in [0.1, 0.15) is 19.4 Å². The molecule has 0 aliphatic carbocycles. The summed E-state index contributed by atoms with van der Waals surface area (Å²) >= 11 is 0. The number of pyridine rings is 1. The molecular formula is C12H21N3O. The van der Waals surface area contributed by atoms with Crippen molar-refractivity contribution in [3.05, 3.63) is 24.0 Å². The van der Waals surface area contributed by atoms with E-state index in [0.717, 1.165) is 11.3 Å². The first-order chi connectivity index (χ1) is 7.40. The minimum absolute atomic E-state index is 0.564. The molecule has 0 aliphatic heterocycles. The summed E-state index contributed by atoms with van der Waals surface area (Å²) in [6.07, 6.45) is 3.64. The zero-order chi connectivity index (χ0) is 12.2. The molecule has 1 rings (SSSR count). The molecule has 0 saturated carbocycles. The first kappa shape index (κ1) is 12.9. The molecule has 0 saturated heterocycles. The van der Waals surface area contributed by atoms with Gasteiger partial charge in [-0.25, -0.2) is 0 Å². The summed E-state index contributed by atoms with van der Waals surface area (Å²) in [5.41, 5.74) is 1.61. The highest BCUT2D eigenvalue weighted by atomic mass is 16.3. The van der Waals surface area contributed by atoms with E-state index in [1.54, 1.807) is 20.0 Å². The Morgan fingerprint density at radius 3 is 2.69 bits per heavy atom. The van der Waals surface area contributed by atoms with E-state index in [4.69, 9.17) is 0 Å². The Labute approximate surface area is 97.3 Å². The van der Waals surface area contributed by atoms with Gasteiger partial charge in [-0.2, -0.15) is 0 Å². The molecule has 2 N–H and O–H groups in total. The Kier molecular flexibility index (Phi) is 4.26. The predicted molar refractivity (Wildman–Crippen MR) is 66.6 cm³/mol. The second-order valence-corrected chi connectivity index (χ2v) is 4.81. The number of aliphatic hydroxyl groups is 1. The standard InChI is InChI=1S/C12H21N3O/c1-12(2,16)9-14-8-10-7-13-6-5-11(10)15(3)4/h5-7,14,16H,8-9H2,1-4H3. The minimum atomic E-state index is -0.680. The molecule has 0 aliphatic rings. The van der Waals surface area contributed by atoms with Crippen LogP contribution in [0.25, 0.3) is 0 Å². The van der Waals surface area contributed by atoms with Crippen LogP contribution in [0.4, 0.5) is 5.69 Å². The number of nitrogens with one attached hydrogen (secondary N) is 1. The molecule has 4 nitrogen and oxygen atoms in total. The van der Waals surface area contributed by atoms with Crippen LogP contribution < -0.4 is 10.2 Å². The molecule has 1 heterocycles. The maximum Gasteiger partial charge on any atom is 0.0715 e. The third kappa shape index (κ3) is 4.16. The van der Waals surface area contributed by atoms with Crippen molar-refractivity contribution in [2.75, 3.05) is 25.5 Å². The van der Waals surface area contributed by atoms with Crippen LogP contribution in [0.15, 0.2) is 18.5 Å². The lowest BCUT2D eigenvalue weighted by Gasteiger charge is -2.20. The zero-order valence-corrected chi connectivity index (χ0v) is 10.5. The smallest absolute Gasteiger partial charge is 0.0715 e. The molecule has 90 valence electrons. The van der Waals surface area contributed by atoms with Gasteiger partial charge in [0.2, 0.25) is 0 Å². The molecular weight excluding hydrogens is 202 g/mol. The number of anilines is 1. The van der Waals surface area contributed by atoms with Crippen LogP contribution in [0.5, 0.6) is 0 Å². The number of rotatable bonds is 5. The van der Waals surface area contributed by atoms with E-state index in [1.807, 2.05) is 26.4 Å². The van der Waals surface area contributed by atoms with Crippen LogP contribution in [0.3, 0.4) is 0 Å². The fourth-order valence-corrected chi connectivity index (χ4v) is 1.50. The van der Waals surface area contributed by atoms with E-state index in [9.17, 15) is 5.11 Å². The van der Waals surface area contributed by atoms with Crippen LogP contribution >= 0.6 is 0 Å². The van der Waals surface area contributed by atoms with Crippen molar-refractivity contribution in [1.82, 2.24) is 10.3 Å². The van der Waals surface area contributed by atoms with Gasteiger partial charge in [-0.3, -0.25) is 4.98 Å². The number of aromatic nitrogens is 1. The zero-order valence-electron chi connectivity index (χ0n) is 10.5. The number of hydrogen-bond donors (Lipinski definition) is 2. The third-order valence-electron chi connectivity index (χ3n) is 2.23. The Morgan fingerprint density at radius 1 is 1.44 bits per heavy atom. The minimum Gasteiger partial charge on any atom is -0.389 e. The summed E-state index contributed by atoms with van der Waals surface area (Å²) in [5, 5.41) is 12.8. The maximum absolute atomic E-state index is 9.59. The van der Waals surface area contributed by atoms with Crippen molar-refractivity contribution < 1.29 is 5.11 Å². The van der Waals surface area contributed by atoms with Crippen LogP contribution in [0, 0.1) is 0 Å². The highest BCUT2D eigenvalue weighted by Gasteiger charge is 2.12. The average Bonchev–Trinajstić information content (AvgIpc) is 2.16. The van der Waals surface area contributed by atoms with Gasteiger partial charge in [0.15, 0.2) is 0 Å². The van der Waals surface area contributed by atoms with Crippen molar-refractivity contribution in [2.24, 2.45) is 0 Å². The maximum atomic E-state index is 9.59. The molecule has 1 aromatic rings. The van der Waals surface area contributed by atoms with Crippen molar-refractivity contribution in [1.29, 1.82) is 0 Å². The molecule has 0 radical (unpaired) electrons. The average molecular weight is 223 g/mol. The molecule has 0 bridgehead atoms. The predicted octanol–water partition coefficient (Wildman–Crippen LogP) is 1.01. The lowest BCUT2D eigenvalue weighted by Crippen LogP contribution is -2.34. The van der Waals surface area contributed by atoms with E-state index < -0.39 is 5.60 Å². The van der Waals surface area contributed by atoms with Crippen molar-refractivity contribution >= 4 is 5.69 Å². The van der Waals surface area contributed by atoms with Gasteiger partial charge in [0.25, 0.3) is 0 Å². The Morgan fingerprint density at radius 2 is 2.12 bits per heavy atom. The highest BCUT2D eigenvalue weighted by molar-refractivity contribution is 5.50. The fraction of sp³-hybridized carbons (Fsp3) is 0.583. The monoisotopic (exact) mass is 223 g/mol. The number of nitrogens with zero attached hydrogens (tertiary/aromatic N) is 2. The first-order valence-electron chi connectivity index (χ1n) is 5.43. The summed E-state index contributed by atoms with van der Waals surface area (Å²) in [6.45, 7) is 4.85. The fourth-order valence-electron chi connectivity index (χ4n) is 1.50.